The summed E-state index contributed by atoms with van der Waals surface area (Å²) in [5.74, 6) is 0.0327. The molecule has 0 N–H and O–H groups in total. The van der Waals surface area contributed by atoms with Crippen LogP contribution in [-0.2, 0) is 4.74 Å². The van der Waals surface area contributed by atoms with E-state index in [0.29, 0.717) is 20.8 Å². The second-order valence-corrected chi connectivity index (χ2v) is 6.90. The smallest absolute Gasteiger partial charge is 0.179 e. The van der Waals surface area contributed by atoms with Crippen LogP contribution in [0.1, 0.15) is 30.1 Å². The molecule has 2 heterocycles. The van der Waals surface area contributed by atoms with E-state index in [9.17, 15) is 4.79 Å². The average Bonchev–Trinajstić information content (AvgIpc) is 2.69. The minimum Gasteiger partial charge on any atom is -0.377 e. The number of ether oxygens (including phenoxy) is 1. The number of carbonyl (C=O) groups is 1. The summed E-state index contributed by atoms with van der Waals surface area (Å²) < 4.78 is 6.66. The maximum Gasteiger partial charge on any atom is 0.179 e. The second-order valence-electron chi connectivity index (χ2n) is 4.62. The van der Waals surface area contributed by atoms with Gasteiger partial charge in [0.15, 0.2) is 5.78 Å². The van der Waals surface area contributed by atoms with Gasteiger partial charge in [-0.3, -0.25) is 9.69 Å². The zero-order chi connectivity index (χ0) is 13.8. The van der Waals surface area contributed by atoms with E-state index in [2.05, 4.69) is 4.90 Å². The van der Waals surface area contributed by atoms with Crippen LogP contribution < -0.4 is 0 Å². The number of rotatable bonds is 5. The molecule has 0 amide bonds. The van der Waals surface area contributed by atoms with Gasteiger partial charge in [0.1, 0.15) is 4.34 Å². The molecule has 0 radical (unpaired) electrons. The Morgan fingerprint density at radius 2 is 2.37 bits per heavy atom. The Labute approximate surface area is 127 Å². The Balaban J connectivity index is 1.93. The van der Waals surface area contributed by atoms with Crippen LogP contribution in [0.4, 0.5) is 0 Å². The van der Waals surface area contributed by atoms with Gasteiger partial charge in [0, 0.05) is 13.2 Å². The fourth-order valence-corrected chi connectivity index (χ4v) is 3.85. The van der Waals surface area contributed by atoms with E-state index in [1.807, 2.05) is 6.92 Å². The number of carbonyl (C=O) groups excluding carboxylic acids is 1. The highest BCUT2D eigenvalue weighted by Crippen LogP contribution is 2.31. The number of hydrogen-bond donors (Lipinski definition) is 0. The number of piperidine rings is 1. The number of likely N-dealkylation sites (tertiary alicyclic amines) is 1. The summed E-state index contributed by atoms with van der Waals surface area (Å²) in [5, 5.41) is 0. The molecule has 1 aromatic heterocycles. The molecule has 1 fully saturated rings. The lowest BCUT2D eigenvalue weighted by molar-refractivity contribution is 0.00719. The standard InChI is InChI=1S/C13H17Cl2NO2S/c1-2-18-9-4-3-5-16(7-9)8-11(17)10-6-12(14)19-13(10)15/h6,9H,2-5,7-8H2,1H3. The molecule has 2 rings (SSSR count). The number of halogens is 2. The highest BCUT2D eigenvalue weighted by atomic mass is 35.5. The first kappa shape index (κ1) is 15.3. The molecule has 1 aliphatic heterocycles. The molecule has 0 bridgehead atoms. The van der Waals surface area contributed by atoms with Crippen molar-refractivity contribution in [2.45, 2.75) is 25.9 Å². The van der Waals surface area contributed by atoms with Crippen LogP contribution in [-0.4, -0.2) is 43.0 Å². The van der Waals surface area contributed by atoms with Crippen molar-refractivity contribution >= 4 is 40.3 Å². The van der Waals surface area contributed by atoms with Crippen LogP contribution >= 0.6 is 34.5 Å². The van der Waals surface area contributed by atoms with Crippen LogP contribution in [0.2, 0.25) is 8.67 Å². The number of ketones is 1. The Hall–Kier alpha value is -0.130. The minimum atomic E-state index is 0.0327. The van der Waals surface area contributed by atoms with Gasteiger partial charge in [-0.1, -0.05) is 23.2 Å². The molecule has 1 aromatic rings. The van der Waals surface area contributed by atoms with Crippen LogP contribution in [0.5, 0.6) is 0 Å². The summed E-state index contributed by atoms with van der Waals surface area (Å²) in [6, 6.07) is 1.65. The highest BCUT2D eigenvalue weighted by Gasteiger charge is 2.23. The van der Waals surface area contributed by atoms with E-state index < -0.39 is 0 Å². The van der Waals surface area contributed by atoms with Crippen molar-refractivity contribution in [3.8, 4) is 0 Å². The fraction of sp³-hybridized carbons (Fsp3) is 0.615. The van der Waals surface area contributed by atoms with E-state index in [1.54, 1.807) is 6.07 Å². The van der Waals surface area contributed by atoms with E-state index in [1.165, 1.54) is 11.3 Å². The summed E-state index contributed by atoms with van der Waals surface area (Å²) in [4.78, 5) is 14.3. The van der Waals surface area contributed by atoms with Crippen molar-refractivity contribution in [3.63, 3.8) is 0 Å². The summed E-state index contributed by atoms with van der Waals surface area (Å²) in [5.41, 5.74) is 0.537. The molecule has 19 heavy (non-hydrogen) atoms. The Morgan fingerprint density at radius 3 is 3.00 bits per heavy atom. The molecular formula is C13H17Cl2NO2S. The molecule has 1 atom stereocenters. The number of thiophene rings is 1. The summed E-state index contributed by atoms with van der Waals surface area (Å²) in [7, 11) is 0. The number of nitrogens with zero attached hydrogens (tertiary/aromatic N) is 1. The van der Waals surface area contributed by atoms with E-state index in [0.717, 1.165) is 32.5 Å². The quantitative estimate of drug-likeness (QED) is 0.774. The average molecular weight is 322 g/mol. The molecule has 0 aliphatic carbocycles. The second kappa shape index (κ2) is 7.04. The third kappa shape index (κ3) is 4.17. The SMILES string of the molecule is CCOC1CCCN(CC(=O)c2cc(Cl)sc2Cl)C1. The largest absolute Gasteiger partial charge is 0.377 e. The minimum absolute atomic E-state index is 0.0327. The lowest BCUT2D eigenvalue weighted by Gasteiger charge is -2.31. The molecule has 0 saturated carbocycles. The summed E-state index contributed by atoms with van der Waals surface area (Å²) in [6.45, 7) is 4.85. The third-order valence-corrected chi connectivity index (χ3v) is 4.68. The van der Waals surface area contributed by atoms with E-state index in [4.69, 9.17) is 27.9 Å². The Kier molecular flexibility index (Phi) is 5.66. The van der Waals surface area contributed by atoms with Crippen LogP contribution in [0.3, 0.4) is 0 Å². The topological polar surface area (TPSA) is 29.5 Å². The van der Waals surface area contributed by atoms with Crippen molar-refractivity contribution in [1.29, 1.82) is 0 Å². The van der Waals surface area contributed by atoms with Gasteiger partial charge in [0.05, 0.1) is 22.5 Å². The van der Waals surface area contributed by atoms with E-state index >= 15 is 0 Å². The molecule has 3 nitrogen and oxygen atoms in total. The first-order valence-corrected chi connectivity index (χ1v) is 7.99. The molecule has 1 unspecified atom stereocenters. The van der Waals surface area contributed by atoms with Crippen molar-refractivity contribution in [3.05, 3.63) is 20.3 Å². The normalized spacial score (nSPS) is 20.7. The van der Waals surface area contributed by atoms with Crippen LogP contribution in [0, 0.1) is 0 Å². The maximum atomic E-state index is 12.2. The van der Waals surface area contributed by atoms with E-state index in [-0.39, 0.29) is 11.9 Å². The molecule has 6 heteroatoms. The van der Waals surface area contributed by atoms with Crippen LogP contribution in [0.15, 0.2) is 6.07 Å². The zero-order valence-corrected chi connectivity index (χ0v) is 13.2. The summed E-state index contributed by atoms with van der Waals surface area (Å²) >= 11 is 13.1. The number of hydrogen-bond acceptors (Lipinski definition) is 4. The van der Waals surface area contributed by atoms with Gasteiger partial charge in [-0.2, -0.15) is 0 Å². The van der Waals surface area contributed by atoms with Crippen LogP contribution in [0.25, 0.3) is 0 Å². The first-order chi connectivity index (χ1) is 9.10. The predicted molar refractivity (Wildman–Crippen MR) is 79.8 cm³/mol. The number of Topliss-reactive ketones (excluding diaryl/α,β-unsaturated/α-hetero) is 1. The van der Waals surface area contributed by atoms with Gasteiger partial charge in [-0.15, -0.1) is 11.3 Å². The van der Waals surface area contributed by atoms with Gasteiger partial charge in [0.2, 0.25) is 0 Å². The molecule has 1 saturated heterocycles. The summed E-state index contributed by atoms with van der Waals surface area (Å²) in [6.07, 6.45) is 2.38. The fourth-order valence-electron chi connectivity index (χ4n) is 2.35. The lowest BCUT2D eigenvalue weighted by Crippen LogP contribution is -2.42. The molecule has 0 spiro atoms. The zero-order valence-electron chi connectivity index (χ0n) is 10.8. The van der Waals surface area contributed by atoms with Gasteiger partial charge >= 0.3 is 0 Å². The van der Waals surface area contributed by atoms with Gasteiger partial charge in [0.25, 0.3) is 0 Å². The lowest BCUT2D eigenvalue weighted by atomic mass is 10.1. The Bertz CT molecular complexity index is 448. The van der Waals surface area contributed by atoms with Gasteiger partial charge in [-0.05, 0) is 32.4 Å². The maximum absolute atomic E-state index is 12.2. The van der Waals surface area contributed by atoms with Gasteiger partial charge in [-0.25, -0.2) is 0 Å². The van der Waals surface area contributed by atoms with Crippen molar-refractivity contribution in [2.24, 2.45) is 0 Å². The van der Waals surface area contributed by atoms with Gasteiger partial charge < -0.3 is 4.74 Å². The highest BCUT2D eigenvalue weighted by molar-refractivity contribution is 7.20. The molecule has 0 aromatic carbocycles. The molecular weight excluding hydrogens is 305 g/mol. The molecule has 106 valence electrons. The predicted octanol–water partition coefficient (Wildman–Crippen LogP) is 3.74. The monoisotopic (exact) mass is 321 g/mol. The molecule has 1 aliphatic rings. The van der Waals surface area contributed by atoms with Crippen molar-refractivity contribution < 1.29 is 9.53 Å². The van der Waals surface area contributed by atoms with Crippen molar-refractivity contribution in [2.75, 3.05) is 26.2 Å². The third-order valence-electron chi connectivity index (χ3n) is 3.19. The van der Waals surface area contributed by atoms with Crippen molar-refractivity contribution in [1.82, 2.24) is 4.90 Å². The Morgan fingerprint density at radius 1 is 1.58 bits per heavy atom. The first-order valence-electron chi connectivity index (χ1n) is 6.42.